The largest absolute Gasteiger partial charge is 0.465 e. The van der Waals surface area contributed by atoms with Gasteiger partial charge in [-0.05, 0) is 57.5 Å². The van der Waals surface area contributed by atoms with Crippen molar-refractivity contribution in [2.24, 2.45) is 0 Å². The standard InChI is InChI=1S/C27H27NO3/c29-22(18-28-27(30)31)12-4-1-10-21-17-16-20-9-3-6-14-24(20)26(21)25-15-7-11-19-8-2-5-13-23(19)25/h2-3,5-9,11,13-17,22,28-29H,1,4,10,12,18H2,(H,30,31). The van der Waals surface area contributed by atoms with E-state index in [0.717, 1.165) is 19.3 Å². The fourth-order valence-electron chi connectivity index (χ4n) is 4.29. The Kier molecular flexibility index (Phi) is 6.48. The highest BCUT2D eigenvalue weighted by molar-refractivity contribution is 6.06. The van der Waals surface area contributed by atoms with Crippen LogP contribution >= 0.6 is 0 Å². The second-order valence-electron chi connectivity index (χ2n) is 7.93. The molecule has 3 N–H and O–H groups in total. The van der Waals surface area contributed by atoms with E-state index in [1.54, 1.807) is 0 Å². The maximum absolute atomic E-state index is 10.6. The van der Waals surface area contributed by atoms with Gasteiger partial charge in [0.05, 0.1) is 6.10 Å². The lowest BCUT2D eigenvalue weighted by molar-refractivity contribution is 0.148. The molecule has 0 fully saturated rings. The Labute approximate surface area is 182 Å². The Hall–Kier alpha value is -3.37. The lowest BCUT2D eigenvalue weighted by Crippen LogP contribution is -2.30. The van der Waals surface area contributed by atoms with Crippen molar-refractivity contribution >= 4 is 27.6 Å². The van der Waals surface area contributed by atoms with Crippen LogP contribution in [-0.4, -0.2) is 29.0 Å². The summed E-state index contributed by atoms with van der Waals surface area (Å²) in [5.41, 5.74) is 3.83. The molecule has 1 unspecified atom stereocenters. The Morgan fingerprint density at radius 3 is 2.26 bits per heavy atom. The van der Waals surface area contributed by atoms with Crippen LogP contribution in [0.1, 0.15) is 24.8 Å². The molecule has 0 bridgehead atoms. The Morgan fingerprint density at radius 2 is 1.48 bits per heavy atom. The summed E-state index contributed by atoms with van der Waals surface area (Å²) in [4.78, 5) is 10.6. The summed E-state index contributed by atoms with van der Waals surface area (Å²) in [6, 6.07) is 27.9. The van der Waals surface area contributed by atoms with Gasteiger partial charge in [0.1, 0.15) is 0 Å². The summed E-state index contributed by atoms with van der Waals surface area (Å²) in [5, 5.41) is 25.8. The van der Waals surface area contributed by atoms with E-state index in [1.165, 1.54) is 38.2 Å². The van der Waals surface area contributed by atoms with E-state index < -0.39 is 12.2 Å². The van der Waals surface area contributed by atoms with Crippen molar-refractivity contribution in [2.75, 3.05) is 6.54 Å². The zero-order valence-electron chi connectivity index (χ0n) is 17.4. The molecule has 0 aliphatic carbocycles. The predicted octanol–water partition coefficient (Wildman–Crippen LogP) is 6.00. The maximum atomic E-state index is 10.6. The summed E-state index contributed by atoms with van der Waals surface area (Å²) in [6.45, 7) is 0.0760. The van der Waals surface area contributed by atoms with Crippen LogP contribution in [0.25, 0.3) is 32.7 Å². The fraction of sp³-hybridized carbons (Fsp3) is 0.222. The van der Waals surface area contributed by atoms with Crippen molar-refractivity contribution in [2.45, 2.75) is 31.8 Å². The quantitative estimate of drug-likeness (QED) is 0.310. The third kappa shape index (κ3) is 4.86. The van der Waals surface area contributed by atoms with Gasteiger partial charge in [-0.25, -0.2) is 4.79 Å². The van der Waals surface area contributed by atoms with Crippen LogP contribution in [0.4, 0.5) is 4.79 Å². The SMILES string of the molecule is O=C(O)NCC(O)CCCCc1ccc2ccccc2c1-c1cccc2ccccc12. The van der Waals surface area contributed by atoms with Crippen molar-refractivity contribution in [1.29, 1.82) is 0 Å². The van der Waals surface area contributed by atoms with Crippen LogP contribution in [0, 0.1) is 0 Å². The average Bonchev–Trinajstić information content (AvgIpc) is 2.80. The van der Waals surface area contributed by atoms with Crippen LogP contribution in [-0.2, 0) is 6.42 Å². The molecule has 1 amide bonds. The number of hydrogen-bond acceptors (Lipinski definition) is 2. The number of nitrogens with one attached hydrogen (secondary N) is 1. The maximum Gasteiger partial charge on any atom is 0.404 e. The van der Waals surface area contributed by atoms with E-state index in [1.807, 2.05) is 0 Å². The number of unbranched alkanes of at least 4 members (excludes halogenated alkanes) is 1. The number of aliphatic hydroxyl groups is 1. The van der Waals surface area contributed by atoms with E-state index in [9.17, 15) is 9.90 Å². The summed E-state index contributed by atoms with van der Waals surface area (Å²) in [5.74, 6) is 0. The molecule has 0 saturated heterocycles. The molecular weight excluding hydrogens is 386 g/mol. The van der Waals surface area contributed by atoms with E-state index in [2.05, 4.69) is 84.2 Å². The summed E-state index contributed by atoms with van der Waals surface area (Å²) >= 11 is 0. The van der Waals surface area contributed by atoms with E-state index in [-0.39, 0.29) is 6.54 Å². The first-order valence-electron chi connectivity index (χ1n) is 10.8. The van der Waals surface area contributed by atoms with Crippen LogP contribution in [0.2, 0.25) is 0 Å². The number of hydrogen-bond donors (Lipinski definition) is 3. The molecule has 4 rings (SSSR count). The van der Waals surface area contributed by atoms with E-state index in [4.69, 9.17) is 5.11 Å². The zero-order valence-corrected chi connectivity index (χ0v) is 17.4. The normalized spacial score (nSPS) is 12.2. The zero-order chi connectivity index (χ0) is 21.6. The van der Waals surface area contributed by atoms with Crippen LogP contribution in [0.3, 0.4) is 0 Å². The molecule has 0 spiro atoms. The Bertz CT molecular complexity index is 1200. The molecule has 4 aromatic rings. The van der Waals surface area contributed by atoms with Crippen molar-refractivity contribution < 1.29 is 15.0 Å². The second kappa shape index (κ2) is 9.63. The van der Waals surface area contributed by atoms with E-state index in [0.29, 0.717) is 6.42 Å². The molecule has 31 heavy (non-hydrogen) atoms. The van der Waals surface area contributed by atoms with E-state index >= 15 is 0 Å². The number of benzene rings is 4. The van der Waals surface area contributed by atoms with Gasteiger partial charge in [-0.1, -0.05) is 85.3 Å². The van der Waals surface area contributed by atoms with Crippen molar-refractivity contribution in [3.8, 4) is 11.1 Å². The second-order valence-corrected chi connectivity index (χ2v) is 7.93. The molecule has 4 aromatic carbocycles. The number of amides is 1. The van der Waals surface area contributed by atoms with Gasteiger partial charge in [0.15, 0.2) is 0 Å². The first-order valence-corrected chi connectivity index (χ1v) is 10.8. The molecule has 158 valence electrons. The molecule has 0 aliphatic rings. The highest BCUT2D eigenvalue weighted by atomic mass is 16.4. The molecule has 0 heterocycles. The molecule has 0 aliphatic heterocycles. The number of rotatable bonds is 8. The molecule has 0 aromatic heterocycles. The van der Waals surface area contributed by atoms with Crippen LogP contribution < -0.4 is 5.32 Å². The summed E-state index contributed by atoms with van der Waals surface area (Å²) in [7, 11) is 0. The number of aliphatic hydroxyl groups excluding tert-OH is 1. The minimum Gasteiger partial charge on any atom is -0.465 e. The molecule has 4 heteroatoms. The molecule has 4 nitrogen and oxygen atoms in total. The number of fused-ring (bicyclic) bond motifs is 2. The number of carboxylic acid groups (broad SMARTS) is 1. The van der Waals surface area contributed by atoms with Crippen LogP contribution in [0.15, 0.2) is 78.9 Å². The third-order valence-corrected chi connectivity index (χ3v) is 5.80. The molecule has 0 saturated carbocycles. The molecular formula is C27H27NO3. The van der Waals surface area contributed by atoms with Gasteiger partial charge in [-0.3, -0.25) is 0 Å². The van der Waals surface area contributed by atoms with Crippen molar-refractivity contribution in [3.05, 3.63) is 84.4 Å². The highest BCUT2D eigenvalue weighted by Gasteiger charge is 2.13. The van der Waals surface area contributed by atoms with Crippen molar-refractivity contribution in [1.82, 2.24) is 5.32 Å². The van der Waals surface area contributed by atoms with Crippen molar-refractivity contribution in [3.63, 3.8) is 0 Å². The third-order valence-electron chi connectivity index (χ3n) is 5.80. The fourth-order valence-corrected chi connectivity index (χ4v) is 4.29. The van der Waals surface area contributed by atoms with Gasteiger partial charge < -0.3 is 15.5 Å². The Balaban J connectivity index is 1.62. The first-order chi connectivity index (χ1) is 15.1. The lowest BCUT2D eigenvalue weighted by atomic mass is 9.88. The highest BCUT2D eigenvalue weighted by Crippen LogP contribution is 2.37. The summed E-state index contributed by atoms with van der Waals surface area (Å²) < 4.78 is 0. The first kappa shape index (κ1) is 20.9. The number of aryl methyl sites for hydroxylation is 1. The smallest absolute Gasteiger partial charge is 0.404 e. The van der Waals surface area contributed by atoms with Gasteiger partial charge in [-0.2, -0.15) is 0 Å². The number of carbonyl (C=O) groups is 1. The van der Waals surface area contributed by atoms with Gasteiger partial charge in [0.25, 0.3) is 0 Å². The predicted molar refractivity (Wildman–Crippen MR) is 126 cm³/mol. The molecule has 1 atom stereocenters. The Morgan fingerprint density at radius 1 is 0.806 bits per heavy atom. The lowest BCUT2D eigenvalue weighted by Gasteiger charge is -2.16. The summed E-state index contributed by atoms with van der Waals surface area (Å²) in [6.07, 6.45) is 1.50. The monoisotopic (exact) mass is 413 g/mol. The average molecular weight is 414 g/mol. The van der Waals surface area contributed by atoms with Gasteiger partial charge in [-0.15, -0.1) is 0 Å². The van der Waals surface area contributed by atoms with Crippen LogP contribution in [0.5, 0.6) is 0 Å². The topological polar surface area (TPSA) is 69.6 Å². The minimum absolute atomic E-state index is 0.0760. The minimum atomic E-state index is -1.10. The van der Waals surface area contributed by atoms with Gasteiger partial charge >= 0.3 is 6.09 Å². The van der Waals surface area contributed by atoms with Gasteiger partial charge in [0, 0.05) is 6.54 Å². The molecule has 0 radical (unpaired) electrons. The van der Waals surface area contributed by atoms with Gasteiger partial charge in [0.2, 0.25) is 0 Å².